The molecule has 0 saturated carbocycles. The molecular formula is C15H22N2O3. The van der Waals surface area contributed by atoms with E-state index in [4.69, 9.17) is 14.6 Å². The molecular weight excluding hydrogens is 256 g/mol. The van der Waals surface area contributed by atoms with Crippen LogP contribution in [0.5, 0.6) is 11.5 Å². The Hall–Kier alpha value is -1.77. The van der Waals surface area contributed by atoms with E-state index in [0.717, 1.165) is 5.56 Å². The van der Waals surface area contributed by atoms with Gasteiger partial charge in [0, 0.05) is 6.54 Å². The number of hydrogen-bond donors (Lipinski definition) is 1. The lowest BCUT2D eigenvalue weighted by Gasteiger charge is -2.22. The molecule has 1 rings (SSSR count). The van der Waals surface area contributed by atoms with Crippen molar-refractivity contribution in [2.75, 3.05) is 33.4 Å². The monoisotopic (exact) mass is 278 g/mol. The van der Waals surface area contributed by atoms with Gasteiger partial charge in [0.25, 0.3) is 0 Å². The summed E-state index contributed by atoms with van der Waals surface area (Å²) < 4.78 is 11.1. The molecule has 1 N–H and O–H groups in total. The number of hydrogen-bond acceptors (Lipinski definition) is 5. The van der Waals surface area contributed by atoms with E-state index >= 15 is 0 Å². The standard InChI is InChI=1S/C15H22N2O3/c1-4-19-14-7-6-12(10-15(14)20-5-2)13(11-16)17(3)8-9-18/h6-7,10,13,18H,4-5,8-9H2,1-3H3. The van der Waals surface area contributed by atoms with E-state index < -0.39 is 6.04 Å². The first-order chi connectivity index (χ1) is 9.67. The molecule has 0 saturated heterocycles. The summed E-state index contributed by atoms with van der Waals surface area (Å²) in [6.45, 7) is 5.37. The van der Waals surface area contributed by atoms with Crippen LogP contribution in [0.4, 0.5) is 0 Å². The maximum absolute atomic E-state index is 9.32. The third-order valence-electron chi connectivity index (χ3n) is 2.90. The van der Waals surface area contributed by atoms with Gasteiger partial charge < -0.3 is 14.6 Å². The topological polar surface area (TPSA) is 65.7 Å². The van der Waals surface area contributed by atoms with Gasteiger partial charge in [-0.25, -0.2) is 0 Å². The zero-order chi connectivity index (χ0) is 15.0. The third kappa shape index (κ3) is 4.12. The number of rotatable bonds is 8. The fraction of sp³-hybridized carbons (Fsp3) is 0.533. The quantitative estimate of drug-likeness (QED) is 0.787. The lowest BCUT2D eigenvalue weighted by Crippen LogP contribution is -2.26. The number of likely N-dealkylation sites (N-methyl/N-ethyl adjacent to an activating group) is 1. The second kappa shape index (κ2) is 8.41. The molecule has 0 spiro atoms. The number of aliphatic hydroxyl groups is 1. The van der Waals surface area contributed by atoms with Gasteiger partial charge in [-0.05, 0) is 38.6 Å². The van der Waals surface area contributed by atoms with Gasteiger partial charge in [0.05, 0.1) is 25.9 Å². The summed E-state index contributed by atoms with van der Waals surface area (Å²) in [6, 6.07) is 7.33. The lowest BCUT2D eigenvalue weighted by molar-refractivity contribution is 0.202. The molecule has 5 nitrogen and oxygen atoms in total. The van der Waals surface area contributed by atoms with Gasteiger partial charge >= 0.3 is 0 Å². The van der Waals surface area contributed by atoms with Crippen LogP contribution < -0.4 is 9.47 Å². The minimum Gasteiger partial charge on any atom is -0.490 e. The van der Waals surface area contributed by atoms with Crippen molar-refractivity contribution in [1.82, 2.24) is 4.90 Å². The minimum atomic E-state index is -0.419. The Bertz CT molecular complexity index is 457. The van der Waals surface area contributed by atoms with Crippen molar-refractivity contribution in [1.29, 1.82) is 5.26 Å². The van der Waals surface area contributed by atoms with Gasteiger partial charge in [-0.1, -0.05) is 6.07 Å². The minimum absolute atomic E-state index is 0.0179. The molecule has 0 aliphatic carbocycles. The van der Waals surface area contributed by atoms with Crippen LogP contribution in [0.15, 0.2) is 18.2 Å². The van der Waals surface area contributed by atoms with Crippen LogP contribution in [0.2, 0.25) is 0 Å². The molecule has 1 aromatic carbocycles. The molecule has 5 heteroatoms. The van der Waals surface area contributed by atoms with Gasteiger partial charge in [-0.3, -0.25) is 4.90 Å². The molecule has 20 heavy (non-hydrogen) atoms. The van der Waals surface area contributed by atoms with Crippen molar-refractivity contribution in [2.24, 2.45) is 0 Å². The highest BCUT2D eigenvalue weighted by Crippen LogP contribution is 2.32. The molecule has 1 atom stereocenters. The summed E-state index contributed by atoms with van der Waals surface area (Å²) in [5, 5.41) is 18.3. The first-order valence-corrected chi connectivity index (χ1v) is 6.78. The van der Waals surface area contributed by atoms with Gasteiger partial charge in [-0.2, -0.15) is 5.26 Å². The zero-order valence-corrected chi connectivity index (χ0v) is 12.3. The first kappa shape index (κ1) is 16.3. The summed E-state index contributed by atoms with van der Waals surface area (Å²) in [4.78, 5) is 1.80. The molecule has 0 radical (unpaired) electrons. The van der Waals surface area contributed by atoms with E-state index in [1.807, 2.05) is 32.0 Å². The highest BCUT2D eigenvalue weighted by atomic mass is 16.5. The van der Waals surface area contributed by atoms with Crippen molar-refractivity contribution in [3.05, 3.63) is 23.8 Å². The van der Waals surface area contributed by atoms with Crippen molar-refractivity contribution in [3.8, 4) is 17.6 Å². The lowest BCUT2D eigenvalue weighted by atomic mass is 10.1. The fourth-order valence-electron chi connectivity index (χ4n) is 1.95. The molecule has 0 aliphatic heterocycles. The van der Waals surface area contributed by atoms with E-state index in [-0.39, 0.29) is 6.61 Å². The summed E-state index contributed by atoms with van der Waals surface area (Å²) in [6.07, 6.45) is 0. The van der Waals surface area contributed by atoms with Gasteiger partial charge in [0.15, 0.2) is 11.5 Å². The summed E-state index contributed by atoms with van der Waals surface area (Å²) in [7, 11) is 1.81. The van der Waals surface area contributed by atoms with E-state index in [1.54, 1.807) is 11.9 Å². The second-order valence-corrected chi connectivity index (χ2v) is 4.31. The Morgan fingerprint density at radius 1 is 1.25 bits per heavy atom. The smallest absolute Gasteiger partial charge is 0.161 e. The Morgan fingerprint density at radius 3 is 2.45 bits per heavy atom. The number of nitrogens with zero attached hydrogens (tertiary/aromatic N) is 2. The van der Waals surface area contributed by atoms with Crippen LogP contribution in [0.1, 0.15) is 25.5 Å². The largest absolute Gasteiger partial charge is 0.490 e. The molecule has 0 fully saturated rings. The summed E-state index contributed by atoms with van der Waals surface area (Å²) in [5.74, 6) is 1.32. The van der Waals surface area contributed by atoms with Crippen LogP contribution in [0.25, 0.3) is 0 Å². The number of benzene rings is 1. The maximum Gasteiger partial charge on any atom is 0.161 e. The average Bonchev–Trinajstić information content (AvgIpc) is 2.43. The first-order valence-electron chi connectivity index (χ1n) is 6.78. The molecule has 110 valence electrons. The maximum atomic E-state index is 9.32. The third-order valence-corrected chi connectivity index (χ3v) is 2.90. The summed E-state index contributed by atoms with van der Waals surface area (Å²) in [5.41, 5.74) is 0.829. The van der Waals surface area contributed by atoms with Crippen LogP contribution in [-0.4, -0.2) is 43.4 Å². The molecule has 0 aliphatic rings. The van der Waals surface area contributed by atoms with Gasteiger partial charge in [-0.15, -0.1) is 0 Å². The highest BCUT2D eigenvalue weighted by Gasteiger charge is 2.18. The highest BCUT2D eigenvalue weighted by molar-refractivity contribution is 5.45. The molecule has 0 aromatic heterocycles. The van der Waals surface area contributed by atoms with E-state index in [0.29, 0.717) is 31.3 Å². The van der Waals surface area contributed by atoms with Gasteiger partial charge in [0.2, 0.25) is 0 Å². The number of ether oxygens (including phenoxy) is 2. The molecule has 0 bridgehead atoms. The zero-order valence-electron chi connectivity index (χ0n) is 12.3. The molecule has 1 unspecified atom stereocenters. The van der Waals surface area contributed by atoms with Crippen LogP contribution in [0, 0.1) is 11.3 Å². The van der Waals surface area contributed by atoms with Crippen molar-refractivity contribution in [3.63, 3.8) is 0 Å². The normalized spacial score (nSPS) is 12.0. The average molecular weight is 278 g/mol. The molecule has 0 heterocycles. The van der Waals surface area contributed by atoms with Crippen molar-refractivity contribution < 1.29 is 14.6 Å². The summed E-state index contributed by atoms with van der Waals surface area (Å²) >= 11 is 0. The number of aliphatic hydroxyl groups excluding tert-OH is 1. The second-order valence-electron chi connectivity index (χ2n) is 4.31. The Labute approximate surface area is 120 Å². The van der Waals surface area contributed by atoms with Crippen LogP contribution in [-0.2, 0) is 0 Å². The fourth-order valence-corrected chi connectivity index (χ4v) is 1.95. The van der Waals surface area contributed by atoms with Crippen molar-refractivity contribution >= 4 is 0 Å². The predicted octanol–water partition coefficient (Wildman–Crippen LogP) is 1.97. The van der Waals surface area contributed by atoms with Crippen LogP contribution >= 0.6 is 0 Å². The Balaban J connectivity index is 3.05. The molecule has 0 amide bonds. The van der Waals surface area contributed by atoms with E-state index in [2.05, 4.69) is 6.07 Å². The van der Waals surface area contributed by atoms with E-state index in [9.17, 15) is 5.26 Å². The number of nitriles is 1. The Kier molecular flexibility index (Phi) is 6.85. The van der Waals surface area contributed by atoms with Crippen LogP contribution in [0.3, 0.4) is 0 Å². The molecule has 1 aromatic rings. The van der Waals surface area contributed by atoms with E-state index in [1.165, 1.54) is 0 Å². The predicted molar refractivity (Wildman–Crippen MR) is 76.8 cm³/mol. The van der Waals surface area contributed by atoms with Gasteiger partial charge in [0.1, 0.15) is 6.04 Å². The SMILES string of the molecule is CCOc1ccc(C(C#N)N(C)CCO)cc1OCC. The Morgan fingerprint density at radius 2 is 1.90 bits per heavy atom. The van der Waals surface area contributed by atoms with Crippen molar-refractivity contribution in [2.45, 2.75) is 19.9 Å².